The normalized spacial score (nSPS) is 18.0. The lowest BCUT2D eigenvalue weighted by molar-refractivity contribution is 0.695. The molecule has 0 spiro atoms. The van der Waals surface area contributed by atoms with Gasteiger partial charge >= 0.3 is 0 Å². The van der Waals surface area contributed by atoms with Crippen LogP contribution in [-0.4, -0.2) is 31.2 Å². The highest BCUT2D eigenvalue weighted by Gasteiger charge is 2.19. The molecule has 0 N–H and O–H groups in total. The molecule has 5 heteroatoms. The van der Waals surface area contributed by atoms with E-state index in [-0.39, 0.29) is 0 Å². The monoisotopic (exact) mass is 370 g/mol. The topological polar surface area (TPSA) is 19.1 Å². The van der Waals surface area contributed by atoms with Crippen molar-refractivity contribution in [3.63, 3.8) is 0 Å². The third-order valence-electron chi connectivity index (χ3n) is 5.35. The summed E-state index contributed by atoms with van der Waals surface area (Å²) in [5.41, 5.74) is 3.39. The molecule has 1 aromatic rings. The van der Waals surface area contributed by atoms with Gasteiger partial charge in [-0.15, -0.1) is 11.3 Å². The third-order valence-corrected chi connectivity index (χ3v) is 6.75. The van der Waals surface area contributed by atoms with Crippen molar-refractivity contribution >= 4 is 38.8 Å². The zero-order valence-corrected chi connectivity index (χ0v) is 15.7. The van der Waals surface area contributed by atoms with Gasteiger partial charge < -0.3 is 4.90 Å². The minimum atomic E-state index is 0.821. The maximum Gasteiger partial charge on any atom is 0.220 e. The average Bonchev–Trinajstić information content (AvgIpc) is 3.32. The first kappa shape index (κ1) is 15.6. The molecule has 0 radical (unpaired) electrons. The van der Waals surface area contributed by atoms with Gasteiger partial charge in [0.2, 0.25) is 5.36 Å². The Morgan fingerprint density at radius 1 is 1.00 bits per heavy atom. The first-order valence-electron chi connectivity index (χ1n) is 9.15. The van der Waals surface area contributed by atoms with E-state index < -0.39 is 0 Å². The second-order valence-corrected chi connectivity index (χ2v) is 8.52. The van der Waals surface area contributed by atoms with Gasteiger partial charge in [0.15, 0.2) is 0 Å². The van der Waals surface area contributed by atoms with Crippen LogP contribution in [0.1, 0.15) is 25.7 Å². The number of nitrogens with zero attached hydrogens (tertiary/aromatic N) is 3. The summed E-state index contributed by atoms with van der Waals surface area (Å²) < 4.78 is 3.66. The van der Waals surface area contributed by atoms with Gasteiger partial charge in [-0.1, -0.05) is 11.6 Å². The SMILES string of the molecule is Clc1cc2nc3ccc(N4CCCC4)cc3sc-2cc1=[N+]1CCCC1. The van der Waals surface area contributed by atoms with Crippen LogP contribution in [0.5, 0.6) is 0 Å². The van der Waals surface area contributed by atoms with Gasteiger partial charge in [-0.2, -0.15) is 0 Å². The van der Waals surface area contributed by atoms with Crippen LogP contribution in [-0.2, 0) is 0 Å². The van der Waals surface area contributed by atoms with Crippen molar-refractivity contribution in [1.82, 2.24) is 9.56 Å². The smallest absolute Gasteiger partial charge is 0.220 e. The molecule has 3 heterocycles. The fourth-order valence-electron chi connectivity index (χ4n) is 4.00. The van der Waals surface area contributed by atoms with Crippen molar-refractivity contribution in [2.24, 2.45) is 0 Å². The summed E-state index contributed by atoms with van der Waals surface area (Å²) in [4.78, 5) is 8.56. The molecular formula is C20H21ClN3S+. The maximum absolute atomic E-state index is 6.56. The summed E-state index contributed by atoms with van der Waals surface area (Å²) in [6, 6.07) is 10.9. The highest BCUT2D eigenvalue weighted by molar-refractivity contribution is 7.21. The summed E-state index contributed by atoms with van der Waals surface area (Å²) in [7, 11) is 0. The van der Waals surface area contributed by atoms with E-state index >= 15 is 0 Å². The largest absolute Gasteiger partial charge is 0.371 e. The lowest BCUT2D eigenvalue weighted by atomic mass is 10.2. The molecule has 0 amide bonds. The molecule has 5 rings (SSSR count). The summed E-state index contributed by atoms with van der Waals surface area (Å²) in [6.45, 7) is 4.56. The molecule has 1 aliphatic carbocycles. The van der Waals surface area contributed by atoms with Crippen LogP contribution in [0.3, 0.4) is 0 Å². The number of hydrogen-bond acceptors (Lipinski definition) is 3. The van der Waals surface area contributed by atoms with Crippen LogP contribution in [0.2, 0.25) is 5.02 Å². The van der Waals surface area contributed by atoms with E-state index in [0.717, 1.165) is 29.3 Å². The van der Waals surface area contributed by atoms with Crippen LogP contribution >= 0.6 is 22.9 Å². The standard InChI is InChI=1S/C20H21ClN3S/c21-15-12-17-20(13-18(15)24-9-3-4-10-24)25-19-11-14(5-6-16(19)22-17)23-7-1-2-8-23/h5-6,11-13H,1-4,7-10H2/q+1. The number of hydrogen-bond donors (Lipinski definition) is 0. The number of halogens is 1. The lowest BCUT2D eigenvalue weighted by Crippen LogP contribution is -2.27. The number of aromatic nitrogens is 1. The van der Waals surface area contributed by atoms with E-state index in [9.17, 15) is 0 Å². The van der Waals surface area contributed by atoms with E-state index in [4.69, 9.17) is 16.6 Å². The zero-order valence-electron chi connectivity index (χ0n) is 14.2. The molecule has 128 valence electrons. The van der Waals surface area contributed by atoms with Gasteiger partial charge in [-0.25, -0.2) is 9.56 Å². The zero-order chi connectivity index (χ0) is 16.8. The van der Waals surface area contributed by atoms with Crippen molar-refractivity contribution in [2.75, 3.05) is 31.1 Å². The second-order valence-electron chi connectivity index (χ2n) is 7.03. The van der Waals surface area contributed by atoms with Crippen molar-refractivity contribution < 1.29 is 0 Å². The number of rotatable bonds is 1. The Kier molecular flexibility index (Phi) is 3.90. The van der Waals surface area contributed by atoms with Gasteiger partial charge in [0.25, 0.3) is 0 Å². The van der Waals surface area contributed by atoms with Crippen molar-refractivity contribution in [1.29, 1.82) is 0 Å². The molecule has 1 aromatic carbocycles. The van der Waals surface area contributed by atoms with Crippen molar-refractivity contribution in [3.05, 3.63) is 40.7 Å². The first-order chi connectivity index (χ1) is 12.3. The van der Waals surface area contributed by atoms with E-state index in [1.54, 1.807) is 0 Å². The fourth-order valence-corrected chi connectivity index (χ4v) is 5.29. The van der Waals surface area contributed by atoms with Crippen molar-refractivity contribution in [2.45, 2.75) is 25.7 Å². The minimum Gasteiger partial charge on any atom is -0.371 e. The molecular weight excluding hydrogens is 350 g/mol. The van der Waals surface area contributed by atoms with Crippen LogP contribution in [0, 0.1) is 0 Å². The summed E-state index contributed by atoms with van der Waals surface area (Å²) in [6.07, 6.45) is 5.12. The van der Waals surface area contributed by atoms with Crippen LogP contribution in [0.15, 0.2) is 30.3 Å². The van der Waals surface area contributed by atoms with Gasteiger partial charge in [-0.3, -0.25) is 0 Å². The predicted octanol–water partition coefficient (Wildman–Crippen LogP) is 4.22. The molecule has 0 saturated carbocycles. The van der Waals surface area contributed by atoms with Gasteiger partial charge in [-0.05, 0) is 37.1 Å². The Morgan fingerprint density at radius 3 is 2.60 bits per heavy atom. The molecule has 2 fully saturated rings. The summed E-state index contributed by atoms with van der Waals surface area (Å²) in [5, 5.41) is 1.99. The van der Waals surface area contributed by atoms with Gasteiger partial charge in [0.05, 0.1) is 20.8 Å². The van der Waals surface area contributed by atoms with E-state index in [2.05, 4.69) is 33.7 Å². The molecule has 3 aliphatic heterocycles. The van der Waals surface area contributed by atoms with Crippen LogP contribution in [0.4, 0.5) is 5.69 Å². The summed E-state index contributed by atoms with van der Waals surface area (Å²) >= 11 is 8.39. The Labute approximate surface area is 156 Å². The average molecular weight is 371 g/mol. The van der Waals surface area contributed by atoms with E-state index in [1.807, 2.05) is 17.4 Å². The Morgan fingerprint density at radius 2 is 1.80 bits per heavy atom. The van der Waals surface area contributed by atoms with Gasteiger partial charge in [0.1, 0.15) is 18.1 Å². The molecule has 0 bridgehead atoms. The van der Waals surface area contributed by atoms with Crippen molar-refractivity contribution in [3.8, 4) is 10.6 Å². The second kappa shape index (κ2) is 6.26. The Hall–Kier alpha value is -1.65. The predicted molar refractivity (Wildman–Crippen MR) is 107 cm³/mol. The Balaban J connectivity index is 1.69. The molecule has 2 saturated heterocycles. The highest BCUT2D eigenvalue weighted by atomic mass is 35.5. The van der Waals surface area contributed by atoms with E-state index in [0.29, 0.717) is 0 Å². The summed E-state index contributed by atoms with van der Waals surface area (Å²) in [5.74, 6) is 0. The van der Waals surface area contributed by atoms with Gasteiger partial charge in [0, 0.05) is 37.7 Å². The van der Waals surface area contributed by atoms with Crippen LogP contribution in [0.25, 0.3) is 20.8 Å². The lowest BCUT2D eigenvalue weighted by Gasteiger charge is -2.18. The molecule has 0 aromatic heterocycles. The molecule has 3 nitrogen and oxygen atoms in total. The maximum atomic E-state index is 6.56. The molecule has 0 atom stereocenters. The first-order valence-corrected chi connectivity index (χ1v) is 10.3. The highest BCUT2D eigenvalue weighted by Crippen LogP contribution is 2.33. The number of benzene rings is 2. The molecule has 0 unspecified atom stereocenters. The molecule has 25 heavy (non-hydrogen) atoms. The Bertz CT molecular complexity index is 980. The fraction of sp³-hybridized carbons (Fsp3) is 0.400. The number of anilines is 1. The third kappa shape index (κ3) is 2.81. The van der Waals surface area contributed by atoms with Crippen LogP contribution < -0.4 is 14.8 Å². The minimum absolute atomic E-state index is 0.821. The molecule has 4 aliphatic rings. The number of fused-ring (bicyclic) bond motifs is 2. The quantitative estimate of drug-likeness (QED) is 0.472. The van der Waals surface area contributed by atoms with E-state index in [1.165, 1.54) is 59.4 Å².